The fourth-order valence-electron chi connectivity index (χ4n) is 9.31. The van der Waals surface area contributed by atoms with Gasteiger partial charge in [-0.2, -0.15) is 0 Å². The second kappa shape index (κ2) is 15.0. The molecule has 1 spiro atoms. The predicted octanol–water partition coefficient (Wildman–Crippen LogP) is 13.2. The second-order valence-electron chi connectivity index (χ2n) is 19.0. The van der Waals surface area contributed by atoms with Crippen LogP contribution < -0.4 is 0 Å². The molecule has 0 N–H and O–H groups in total. The number of furan rings is 1. The molecule has 5 heteroatoms. The Kier molecular flexibility index (Phi) is 8.63. The Morgan fingerprint density at radius 3 is 2.12 bits per heavy atom. The van der Waals surface area contributed by atoms with E-state index in [2.05, 4.69) is 80.1 Å². The van der Waals surface area contributed by atoms with Crippen molar-refractivity contribution in [2.24, 2.45) is 16.2 Å². The average molecular weight is 951 g/mol. The summed E-state index contributed by atoms with van der Waals surface area (Å²) in [6, 6.07) is 34.0. The third kappa shape index (κ3) is 7.39. The number of pyridine rings is 3. The Labute approximate surface area is 369 Å². The van der Waals surface area contributed by atoms with Gasteiger partial charge in [0.25, 0.3) is 0 Å². The normalized spacial score (nSPS) is 18.6. The number of rotatable bonds is 4. The van der Waals surface area contributed by atoms with E-state index in [1.165, 1.54) is 22.9 Å². The number of hydrogen-bond donors (Lipinski definition) is 0. The first-order valence-electron chi connectivity index (χ1n) is 23.4. The zero-order valence-corrected chi connectivity index (χ0v) is 37.6. The molecule has 0 amide bonds. The molecule has 301 valence electrons. The van der Waals surface area contributed by atoms with Crippen molar-refractivity contribution in [2.75, 3.05) is 0 Å². The molecule has 0 fully saturated rings. The van der Waals surface area contributed by atoms with Gasteiger partial charge in [0.05, 0.1) is 11.3 Å². The Bertz CT molecular complexity index is 2900. The number of aryl methyl sites for hydroxylation is 1. The molecule has 0 saturated heterocycles. The molecule has 9 rings (SSSR count). The molecule has 7 aromatic rings. The van der Waals surface area contributed by atoms with Crippen LogP contribution in [0, 0.1) is 35.2 Å². The zero-order valence-electron chi connectivity index (χ0n) is 42.2. The number of aromatic nitrogens is 3. The van der Waals surface area contributed by atoms with Crippen molar-refractivity contribution in [3.63, 3.8) is 0 Å². The van der Waals surface area contributed by atoms with E-state index in [4.69, 9.17) is 19.0 Å². The molecular weight excluding hydrogens is 887 g/mol. The molecule has 4 aromatic heterocycles. The fourth-order valence-corrected chi connectivity index (χ4v) is 9.31. The van der Waals surface area contributed by atoms with Crippen LogP contribution >= 0.6 is 0 Å². The zero-order chi connectivity index (χ0) is 46.6. The molecule has 0 unspecified atom stereocenters. The summed E-state index contributed by atoms with van der Waals surface area (Å²) in [5, 5.41) is 1.79. The van der Waals surface area contributed by atoms with E-state index >= 15 is 0 Å². The molecule has 0 aliphatic heterocycles. The van der Waals surface area contributed by atoms with Crippen molar-refractivity contribution in [1.82, 2.24) is 15.0 Å². The van der Waals surface area contributed by atoms with Gasteiger partial charge in [-0.25, -0.2) is 4.98 Å². The molecule has 1 radical (unpaired) electrons. The van der Waals surface area contributed by atoms with Crippen molar-refractivity contribution in [3.8, 4) is 22.5 Å². The van der Waals surface area contributed by atoms with Crippen LogP contribution in [-0.4, -0.2) is 15.0 Å². The van der Waals surface area contributed by atoms with Crippen LogP contribution in [0.2, 0.25) is 0 Å². The van der Waals surface area contributed by atoms with E-state index in [0.29, 0.717) is 28.1 Å². The van der Waals surface area contributed by atoms with Gasteiger partial charge in [0.2, 0.25) is 5.71 Å². The quantitative estimate of drug-likeness (QED) is 0.165. The number of nitrogens with zero attached hydrogens (tertiary/aromatic N) is 3. The van der Waals surface area contributed by atoms with Gasteiger partial charge >= 0.3 is 0 Å². The number of benzene rings is 3. The van der Waals surface area contributed by atoms with Crippen LogP contribution in [0.5, 0.6) is 0 Å². The van der Waals surface area contributed by atoms with Crippen molar-refractivity contribution in [3.05, 3.63) is 149 Å². The van der Waals surface area contributed by atoms with Gasteiger partial charge < -0.3 is 14.4 Å². The minimum absolute atomic E-state index is 0. The average Bonchev–Trinajstić information content (AvgIpc) is 3.85. The van der Waals surface area contributed by atoms with Crippen LogP contribution in [-0.2, 0) is 56.5 Å². The predicted molar refractivity (Wildman–Crippen MR) is 235 cm³/mol. The Balaban J connectivity index is 0.000000265. The van der Waals surface area contributed by atoms with Crippen LogP contribution in [0.15, 0.2) is 102 Å². The van der Waals surface area contributed by atoms with Crippen molar-refractivity contribution in [1.29, 1.82) is 0 Å². The summed E-state index contributed by atoms with van der Waals surface area (Å²) in [5.41, 5.74) is 7.81. The summed E-state index contributed by atoms with van der Waals surface area (Å²) < 4.78 is 65.4. The summed E-state index contributed by atoms with van der Waals surface area (Å²) in [5.74, 6) is 0. The van der Waals surface area contributed by atoms with Crippen LogP contribution in [0.4, 0.5) is 0 Å². The van der Waals surface area contributed by atoms with E-state index in [1.54, 1.807) is 39.1 Å². The Morgan fingerprint density at radius 2 is 1.47 bits per heavy atom. The Morgan fingerprint density at radius 1 is 0.759 bits per heavy atom. The first-order valence-corrected chi connectivity index (χ1v) is 19.9. The maximum atomic E-state index is 8.96. The molecule has 0 bridgehead atoms. The third-order valence-corrected chi connectivity index (χ3v) is 12.1. The SMILES string of the molecule is [2H]C([2H])([2H])c1cnc(-c2[c-]ccc3c2oc2nc4c(cc23)C(C)(C)C2(Cc3ccccc3C2)C4(C)C)cc1C([2H])([2H])C(C)(C)C.[2H]C([2H])(c1ccnc(-c2[c-]cccc2)c1)C(C)(C)C.[Ir]. The summed E-state index contributed by atoms with van der Waals surface area (Å²) in [6.07, 6.45) is 1.61. The molecule has 58 heavy (non-hydrogen) atoms. The van der Waals surface area contributed by atoms with Gasteiger partial charge in [-0.1, -0.05) is 128 Å². The molecule has 0 saturated carbocycles. The van der Waals surface area contributed by atoms with Crippen LogP contribution in [0.3, 0.4) is 0 Å². The van der Waals surface area contributed by atoms with Gasteiger partial charge in [-0.3, -0.25) is 0 Å². The molecule has 0 atom stereocenters. The minimum atomic E-state index is -2.52. The first-order chi connectivity index (χ1) is 29.6. The van der Waals surface area contributed by atoms with E-state index in [9.17, 15) is 0 Å². The van der Waals surface area contributed by atoms with Crippen LogP contribution in [0.25, 0.3) is 44.6 Å². The summed E-state index contributed by atoms with van der Waals surface area (Å²) in [7, 11) is 0. The van der Waals surface area contributed by atoms with Gasteiger partial charge in [0, 0.05) is 52.9 Å². The number of hydrogen-bond acceptors (Lipinski definition) is 4. The summed E-state index contributed by atoms with van der Waals surface area (Å²) in [6.45, 7) is 17.9. The van der Waals surface area contributed by atoms with Gasteiger partial charge in [0.15, 0.2) is 0 Å². The molecular formula is C53H57IrN3O-2. The first kappa shape index (κ1) is 33.4. The smallest absolute Gasteiger partial charge is 0.216 e. The summed E-state index contributed by atoms with van der Waals surface area (Å²) >= 11 is 0. The van der Waals surface area contributed by atoms with E-state index < -0.39 is 30.4 Å². The fraction of sp³-hybridized carbons (Fsp3) is 0.377. The molecule has 2 aliphatic carbocycles. The monoisotopic (exact) mass is 951 g/mol. The van der Waals surface area contributed by atoms with Crippen LogP contribution in [0.1, 0.15) is 118 Å². The molecule has 4 heterocycles. The van der Waals surface area contributed by atoms with Crippen molar-refractivity contribution >= 4 is 22.1 Å². The van der Waals surface area contributed by atoms with E-state index in [0.717, 1.165) is 40.6 Å². The van der Waals surface area contributed by atoms with Gasteiger partial charge in [0.1, 0.15) is 0 Å². The molecule has 2 aliphatic rings. The van der Waals surface area contributed by atoms with E-state index in [-0.39, 0.29) is 47.5 Å². The number of fused-ring (bicyclic) bond motifs is 5. The molecule has 4 nitrogen and oxygen atoms in total. The largest absolute Gasteiger partial charge is 0.486 e. The van der Waals surface area contributed by atoms with E-state index in [1.807, 2.05) is 63.2 Å². The summed E-state index contributed by atoms with van der Waals surface area (Å²) in [4.78, 5) is 14.1. The topological polar surface area (TPSA) is 51.8 Å². The minimum Gasteiger partial charge on any atom is -0.486 e. The second-order valence-corrected chi connectivity index (χ2v) is 19.0. The maximum Gasteiger partial charge on any atom is 0.216 e. The standard InChI is InChI=1S/C37H39N2O.C16H18N.Ir/c1-22-21-38-30(16-25(22)18-34(2,3)4)27-15-11-14-26-28-17-29-32(39-33(28)40-31(26)27)36(7,8)37(35(29,5)6)19-23-12-9-10-13-24(23)20-37;1-16(2,3)12-13-9-10-17-15(11-13)14-7-5-4-6-8-14;/h9-14,16-17,21H,18-20H2,1-8H3;4-7,9-11H,12H2,1-3H3;/q2*-1;/i1D3,18D2;12D2;. The van der Waals surface area contributed by atoms with Gasteiger partial charge in [-0.15, -0.1) is 54.1 Å². The third-order valence-electron chi connectivity index (χ3n) is 12.1. The van der Waals surface area contributed by atoms with Gasteiger partial charge in [-0.05, 0) is 99.9 Å². The molecule has 3 aromatic carbocycles. The maximum absolute atomic E-state index is 8.96. The Hall–Kier alpha value is -4.44. The van der Waals surface area contributed by atoms with Crippen molar-refractivity contribution < 1.29 is 34.1 Å². The van der Waals surface area contributed by atoms with Crippen molar-refractivity contribution in [2.45, 2.75) is 113 Å².